The van der Waals surface area contributed by atoms with E-state index in [-0.39, 0.29) is 0 Å². The molecule has 1 heterocycles. The molecule has 1 atom stereocenters. The predicted molar refractivity (Wildman–Crippen MR) is 78.4 cm³/mol. The Morgan fingerprint density at radius 3 is 2.74 bits per heavy atom. The monoisotopic (exact) mass is 318 g/mol. The molecule has 2 aromatic carbocycles. The molecule has 1 aliphatic heterocycles. The lowest BCUT2D eigenvalue weighted by molar-refractivity contribution is 0.173. The molecule has 0 aromatic heterocycles. The number of aliphatic hydroxyl groups excluding tert-OH is 1. The van der Waals surface area contributed by atoms with Gasteiger partial charge in [-0.05, 0) is 23.3 Å². The maximum atomic E-state index is 10.4. The first kappa shape index (κ1) is 12.7. The second kappa shape index (κ2) is 5.35. The van der Waals surface area contributed by atoms with Gasteiger partial charge < -0.3 is 9.84 Å². The Kier molecular flexibility index (Phi) is 3.58. The minimum Gasteiger partial charge on any atom is -0.493 e. The lowest BCUT2D eigenvalue weighted by Gasteiger charge is -2.14. The number of hydrogen-bond acceptors (Lipinski definition) is 2. The SMILES string of the molecule is OC(Cc1ccc(Br)cc1)c1cccc2c1OCC2. The van der Waals surface area contributed by atoms with Crippen LogP contribution in [0.4, 0.5) is 0 Å². The first-order valence-corrected chi connectivity index (χ1v) is 7.20. The van der Waals surface area contributed by atoms with E-state index in [0.717, 1.165) is 34.4 Å². The highest BCUT2D eigenvalue weighted by atomic mass is 79.9. The van der Waals surface area contributed by atoms with Crippen molar-refractivity contribution >= 4 is 15.9 Å². The van der Waals surface area contributed by atoms with E-state index in [4.69, 9.17) is 4.74 Å². The van der Waals surface area contributed by atoms with Crippen LogP contribution in [0.3, 0.4) is 0 Å². The summed E-state index contributed by atoms with van der Waals surface area (Å²) in [7, 11) is 0. The molecule has 0 bridgehead atoms. The topological polar surface area (TPSA) is 29.5 Å². The molecule has 0 fully saturated rings. The molecule has 0 spiro atoms. The van der Waals surface area contributed by atoms with Gasteiger partial charge in [0, 0.05) is 22.9 Å². The average molecular weight is 319 g/mol. The molecular weight excluding hydrogens is 304 g/mol. The van der Waals surface area contributed by atoms with Crippen molar-refractivity contribution in [1.82, 2.24) is 0 Å². The second-order valence-corrected chi connectivity index (χ2v) is 5.70. The van der Waals surface area contributed by atoms with E-state index in [0.29, 0.717) is 6.42 Å². The normalized spacial score (nSPS) is 14.8. The van der Waals surface area contributed by atoms with Gasteiger partial charge in [0.2, 0.25) is 0 Å². The number of benzene rings is 2. The Hall–Kier alpha value is -1.32. The number of halogens is 1. The fraction of sp³-hybridized carbons (Fsp3) is 0.250. The summed E-state index contributed by atoms with van der Waals surface area (Å²) < 4.78 is 6.69. The van der Waals surface area contributed by atoms with Gasteiger partial charge in [-0.3, -0.25) is 0 Å². The van der Waals surface area contributed by atoms with Gasteiger partial charge in [0.05, 0.1) is 12.7 Å². The van der Waals surface area contributed by atoms with E-state index in [1.54, 1.807) is 0 Å². The zero-order valence-corrected chi connectivity index (χ0v) is 12.1. The van der Waals surface area contributed by atoms with E-state index in [9.17, 15) is 5.11 Å². The number of hydrogen-bond donors (Lipinski definition) is 1. The largest absolute Gasteiger partial charge is 0.493 e. The van der Waals surface area contributed by atoms with E-state index >= 15 is 0 Å². The summed E-state index contributed by atoms with van der Waals surface area (Å²) in [6, 6.07) is 14.1. The smallest absolute Gasteiger partial charge is 0.128 e. The molecule has 1 N–H and O–H groups in total. The zero-order valence-electron chi connectivity index (χ0n) is 10.5. The van der Waals surface area contributed by atoms with Gasteiger partial charge >= 0.3 is 0 Å². The van der Waals surface area contributed by atoms with Crippen LogP contribution in [0.2, 0.25) is 0 Å². The van der Waals surface area contributed by atoms with Gasteiger partial charge in [-0.25, -0.2) is 0 Å². The van der Waals surface area contributed by atoms with E-state index in [2.05, 4.69) is 22.0 Å². The lowest BCUT2D eigenvalue weighted by atomic mass is 9.98. The minimum atomic E-state index is -0.519. The molecule has 0 saturated heterocycles. The van der Waals surface area contributed by atoms with E-state index in [1.165, 1.54) is 5.56 Å². The van der Waals surface area contributed by atoms with Gasteiger partial charge in [-0.1, -0.05) is 46.3 Å². The van der Waals surface area contributed by atoms with Crippen molar-refractivity contribution in [1.29, 1.82) is 0 Å². The summed E-state index contributed by atoms with van der Waals surface area (Å²) in [6.07, 6.45) is 1.02. The molecule has 1 aliphatic rings. The molecule has 0 amide bonds. The molecule has 19 heavy (non-hydrogen) atoms. The van der Waals surface area contributed by atoms with Crippen LogP contribution >= 0.6 is 15.9 Å². The molecule has 0 aliphatic carbocycles. The maximum Gasteiger partial charge on any atom is 0.128 e. The Bertz CT molecular complexity index is 578. The number of para-hydroxylation sites is 1. The lowest BCUT2D eigenvalue weighted by Crippen LogP contribution is -2.03. The molecule has 2 nitrogen and oxygen atoms in total. The zero-order chi connectivity index (χ0) is 13.2. The number of aliphatic hydroxyl groups is 1. The summed E-state index contributed by atoms with van der Waals surface area (Å²) >= 11 is 3.41. The second-order valence-electron chi connectivity index (χ2n) is 4.78. The van der Waals surface area contributed by atoms with Crippen LogP contribution in [0.1, 0.15) is 22.8 Å². The molecule has 2 aromatic rings. The summed E-state index contributed by atoms with van der Waals surface area (Å²) in [5, 5.41) is 10.4. The van der Waals surface area contributed by atoms with Crippen molar-refractivity contribution in [2.75, 3.05) is 6.61 Å². The van der Waals surface area contributed by atoms with Crippen molar-refractivity contribution in [3.05, 3.63) is 63.6 Å². The Labute approximate surface area is 121 Å². The Balaban J connectivity index is 1.83. The third-order valence-corrected chi connectivity index (χ3v) is 3.97. The standard InChI is InChI=1S/C16H15BrO2/c17-13-6-4-11(5-7-13)10-15(18)14-3-1-2-12-8-9-19-16(12)14/h1-7,15,18H,8-10H2. The molecule has 3 rings (SSSR count). The van der Waals surface area contributed by atoms with Gasteiger partial charge in [0.25, 0.3) is 0 Å². The van der Waals surface area contributed by atoms with Crippen LogP contribution in [0.15, 0.2) is 46.9 Å². The van der Waals surface area contributed by atoms with Crippen LogP contribution in [0.25, 0.3) is 0 Å². The van der Waals surface area contributed by atoms with Crippen LogP contribution in [0.5, 0.6) is 5.75 Å². The summed E-state index contributed by atoms with van der Waals surface area (Å²) in [5.41, 5.74) is 3.22. The van der Waals surface area contributed by atoms with Gasteiger partial charge in [0.1, 0.15) is 5.75 Å². The third kappa shape index (κ3) is 2.67. The predicted octanol–water partition coefficient (Wildman–Crippen LogP) is 3.66. The Morgan fingerprint density at radius 1 is 1.16 bits per heavy atom. The highest BCUT2D eigenvalue weighted by Crippen LogP contribution is 2.34. The maximum absolute atomic E-state index is 10.4. The summed E-state index contributed by atoms with van der Waals surface area (Å²) in [5.74, 6) is 0.882. The average Bonchev–Trinajstić information content (AvgIpc) is 2.89. The number of rotatable bonds is 3. The van der Waals surface area contributed by atoms with Gasteiger partial charge in [-0.15, -0.1) is 0 Å². The quantitative estimate of drug-likeness (QED) is 0.935. The molecule has 1 unspecified atom stereocenters. The fourth-order valence-electron chi connectivity index (χ4n) is 2.46. The number of ether oxygens (including phenoxy) is 1. The molecular formula is C16H15BrO2. The number of fused-ring (bicyclic) bond motifs is 1. The van der Waals surface area contributed by atoms with Crippen LogP contribution in [-0.4, -0.2) is 11.7 Å². The third-order valence-electron chi connectivity index (χ3n) is 3.45. The molecule has 0 saturated carbocycles. The molecule has 98 valence electrons. The van der Waals surface area contributed by atoms with Crippen molar-refractivity contribution < 1.29 is 9.84 Å². The van der Waals surface area contributed by atoms with Crippen molar-refractivity contribution in [3.63, 3.8) is 0 Å². The summed E-state index contributed by atoms with van der Waals surface area (Å²) in [4.78, 5) is 0. The van der Waals surface area contributed by atoms with Gasteiger partial charge in [0.15, 0.2) is 0 Å². The molecule has 3 heteroatoms. The van der Waals surface area contributed by atoms with Crippen LogP contribution in [-0.2, 0) is 12.8 Å². The van der Waals surface area contributed by atoms with E-state index in [1.807, 2.05) is 36.4 Å². The molecule has 0 radical (unpaired) electrons. The first-order chi connectivity index (χ1) is 9.24. The fourth-order valence-corrected chi connectivity index (χ4v) is 2.72. The van der Waals surface area contributed by atoms with Crippen molar-refractivity contribution in [2.45, 2.75) is 18.9 Å². The van der Waals surface area contributed by atoms with Crippen molar-refractivity contribution in [2.24, 2.45) is 0 Å². The van der Waals surface area contributed by atoms with Crippen molar-refractivity contribution in [3.8, 4) is 5.75 Å². The highest BCUT2D eigenvalue weighted by Gasteiger charge is 2.20. The van der Waals surface area contributed by atoms with Gasteiger partial charge in [-0.2, -0.15) is 0 Å². The van der Waals surface area contributed by atoms with Crippen LogP contribution in [0, 0.1) is 0 Å². The first-order valence-electron chi connectivity index (χ1n) is 6.41. The minimum absolute atomic E-state index is 0.519. The highest BCUT2D eigenvalue weighted by molar-refractivity contribution is 9.10. The summed E-state index contributed by atoms with van der Waals surface area (Å²) in [6.45, 7) is 0.720. The van der Waals surface area contributed by atoms with Crippen LogP contribution < -0.4 is 4.74 Å². The van der Waals surface area contributed by atoms with E-state index < -0.39 is 6.10 Å². The Morgan fingerprint density at radius 2 is 1.95 bits per heavy atom.